The van der Waals surface area contributed by atoms with Crippen molar-refractivity contribution < 1.29 is 4.79 Å². The van der Waals surface area contributed by atoms with Gasteiger partial charge in [0.2, 0.25) is 5.91 Å². The fraction of sp³-hybridized carbons (Fsp3) is 0.364. The molecule has 2 heteroatoms. The molecule has 1 unspecified atom stereocenters. The number of hydrogen-bond donors (Lipinski definition) is 1. The van der Waals surface area contributed by atoms with Crippen LogP contribution in [0.3, 0.4) is 0 Å². The average Bonchev–Trinajstić information content (AvgIpc) is 2.84. The maximum atomic E-state index is 10.8. The van der Waals surface area contributed by atoms with Gasteiger partial charge in [-0.2, -0.15) is 0 Å². The lowest BCUT2D eigenvalue weighted by atomic mass is 10.1. The summed E-state index contributed by atoms with van der Waals surface area (Å²) in [6.45, 7) is 1.57. The highest BCUT2D eigenvalue weighted by molar-refractivity contribution is 5.73. The van der Waals surface area contributed by atoms with Crippen molar-refractivity contribution in [3.05, 3.63) is 35.9 Å². The highest BCUT2D eigenvalue weighted by atomic mass is 16.1. The number of nitrogens with one attached hydrogen (secondary N) is 1. The first kappa shape index (κ1) is 8.30. The van der Waals surface area contributed by atoms with E-state index in [1.165, 1.54) is 5.56 Å². The van der Waals surface area contributed by atoms with Gasteiger partial charge in [-0.1, -0.05) is 30.3 Å². The molecule has 0 heterocycles. The molecule has 1 aromatic rings. The van der Waals surface area contributed by atoms with E-state index >= 15 is 0 Å². The molecule has 1 saturated carbocycles. The summed E-state index contributed by atoms with van der Waals surface area (Å²) in [5, 5.41) is 2.93. The fourth-order valence-electron chi connectivity index (χ4n) is 1.68. The Morgan fingerprint density at radius 3 is 2.69 bits per heavy atom. The molecule has 1 amide bonds. The normalized spacial score (nSPS) is 25.3. The first-order valence-corrected chi connectivity index (χ1v) is 4.59. The largest absolute Gasteiger partial charge is 0.353 e. The highest BCUT2D eigenvalue weighted by Gasteiger charge is 2.38. The van der Waals surface area contributed by atoms with E-state index in [1.807, 2.05) is 18.2 Å². The van der Waals surface area contributed by atoms with Crippen molar-refractivity contribution in [2.75, 3.05) is 0 Å². The molecular weight excluding hydrogens is 162 g/mol. The molecule has 2 nitrogen and oxygen atoms in total. The van der Waals surface area contributed by atoms with Crippen LogP contribution in [0.4, 0.5) is 0 Å². The second-order valence-electron chi connectivity index (χ2n) is 3.56. The van der Waals surface area contributed by atoms with E-state index in [1.54, 1.807) is 6.92 Å². The van der Waals surface area contributed by atoms with E-state index in [0.717, 1.165) is 6.42 Å². The highest BCUT2D eigenvalue weighted by Crippen LogP contribution is 2.40. The van der Waals surface area contributed by atoms with Gasteiger partial charge in [0.05, 0.1) is 0 Å². The topological polar surface area (TPSA) is 29.1 Å². The van der Waals surface area contributed by atoms with Crippen molar-refractivity contribution >= 4 is 5.91 Å². The minimum absolute atomic E-state index is 0.0726. The van der Waals surface area contributed by atoms with Gasteiger partial charge in [0.15, 0.2) is 0 Å². The number of benzene rings is 1. The molecule has 0 saturated heterocycles. The summed E-state index contributed by atoms with van der Waals surface area (Å²) in [5.41, 5.74) is 1.33. The third kappa shape index (κ3) is 1.89. The predicted octanol–water partition coefficient (Wildman–Crippen LogP) is 1.68. The van der Waals surface area contributed by atoms with Crippen LogP contribution in [0.1, 0.15) is 24.8 Å². The Hall–Kier alpha value is -1.31. The molecule has 2 atom stereocenters. The fourth-order valence-corrected chi connectivity index (χ4v) is 1.68. The Morgan fingerprint density at radius 1 is 1.38 bits per heavy atom. The smallest absolute Gasteiger partial charge is 0.217 e. The molecule has 1 N–H and O–H groups in total. The average molecular weight is 175 g/mol. The van der Waals surface area contributed by atoms with Crippen LogP contribution in [0.2, 0.25) is 0 Å². The van der Waals surface area contributed by atoms with Gasteiger partial charge in [0.1, 0.15) is 0 Å². The minimum Gasteiger partial charge on any atom is -0.353 e. The van der Waals surface area contributed by atoms with E-state index in [9.17, 15) is 4.79 Å². The Balaban J connectivity index is 1.97. The summed E-state index contributed by atoms with van der Waals surface area (Å²) in [6.07, 6.45) is 1.09. The van der Waals surface area contributed by atoms with E-state index in [2.05, 4.69) is 17.4 Å². The number of carbonyl (C=O) groups excluding carboxylic acids is 1. The van der Waals surface area contributed by atoms with Gasteiger partial charge in [-0.15, -0.1) is 0 Å². The van der Waals surface area contributed by atoms with Crippen LogP contribution >= 0.6 is 0 Å². The van der Waals surface area contributed by atoms with E-state index < -0.39 is 0 Å². The van der Waals surface area contributed by atoms with Gasteiger partial charge >= 0.3 is 0 Å². The quantitative estimate of drug-likeness (QED) is 0.728. The molecule has 1 aliphatic carbocycles. The maximum absolute atomic E-state index is 10.8. The molecule has 1 fully saturated rings. The Bertz CT molecular complexity index is 307. The molecule has 68 valence electrons. The predicted molar refractivity (Wildman–Crippen MR) is 51.4 cm³/mol. The van der Waals surface area contributed by atoms with Gasteiger partial charge < -0.3 is 5.32 Å². The second-order valence-corrected chi connectivity index (χ2v) is 3.56. The molecule has 2 rings (SSSR count). The lowest BCUT2D eigenvalue weighted by Gasteiger charge is -2.00. The van der Waals surface area contributed by atoms with Crippen LogP contribution in [-0.2, 0) is 4.79 Å². The van der Waals surface area contributed by atoms with Gasteiger partial charge in [0, 0.05) is 18.9 Å². The summed E-state index contributed by atoms with van der Waals surface area (Å²) in [5.74, 6) is 0.619. The van der Waals surface area contributed by atoms with Crippen molar-refractivity contribution in [2.24, 2.45) is 0 Å². The van der Waals surface area contributed by atoms with Crippen LogP contribution in [0.15, 0.2) is 30.3 Å². The van der Waals surface area contributed by atoms with Crippen LogP contribution in [-0.4, -0.2) is 11.9 Å². The van der Waals surface area contributed by atoms with E-state index in [0.29, 0.717) is 12.0 Å². The van der Waals surface area contributed by atoms with Crippen LogP contribution in [0.25, 0.3) is 0 Å². The van der Waals surface area contributed by atoms with Crippen LogP contribution in [0.5, 0.6) is 0 Å². The SMILES string of the molecule is CC(=O)N[C@@H]1CC1c1ccccc1. The Morgan fingerprint density at radius 2 is 2.08 bits per heavy atom. The first-order valence-electron chi connectivity index (χ1n) is 4.59. The minimum atomic E-state index is 0.0726. The van der Waals surface area contributed by atoms with Gasteiger partial charge in [0.25, 0.3) is 0 Å². The van der Waals surface area contributed by atoms with Crippen molar-refractivity contribution in [3.63, 3.8) is 0 Å². The summed E-state index contributed by atoms with van der Waals surface area (Å²) in [4.78, 5) is 10.8. The number of rotatable bonds is 2. The van der Waals surface area contributed by atoms with Gasteiger partial charge in [-0.05, 0) is 12.0 Å². The molecule has 0 radical (unpaired) electrons. The maximum Gasteiger partial charge on any atom is 0.217 e. The zero-order valence-electron chi connectivity index (χ0n) is 7.66. The zero-order chi connectivity index (χ0) is 9.26. The molecule has 1 aromatic carbocycles. The third-order valence-electron chi connectivity index (χ3n) is 2.41. The standard InChI is InChI=1S/C11H13NO/c1-8(13)12-11-7-10(11)9-5-3-2-4-6-9/h2-6,10-11H,7H2,1H3,(H,12,13)/t10?,11-/m1/s1. The third-order valence-corrected chi connectivity index (χ3v) is 2.41. The number of hydrogen-bond acceptors (Lipinski definition) is 1. The molecule has 13 heavy (non-hydrogen) atoms. The monoisotopic (exact) mass is 175 g/mol. The number of amides is 1. The summed E-state index contributed by atoms with van der Waals surface area (Å²) in [6, 6.07) is 10.7. The second kappa shape index (κ2) is 3.21. The Kier molecular flexibility index (Phi) is 2.05. The molecule has 0 bridgehead atoms. The Labute approximate surface area is 78.0 Å². The molecule has 0 aromatic heterocycles. The lowest BCUT2D eigenvalue weighted by molar-refractivity contribution is -0.119. The zero-order valence-corrected chi connectivity index (χ0v) is 7.66. The van der Waals surface area contributed by atoms with E-state index in [-0.39, 0.29) is 5.91 Å². The summed E-state index contributed by atoms with van der Waals surface area (Å²) < 4.78 is 0. The molecular formula is C11H13NO. The molecule has 1 aliphatic rings. The molecule has 0 aliphatic heterocycles. The van der Waals surface area contributed by atoms with E-state index in [4.69, 9.17) is 0 Å². The van der Waals surface area contributed by atoms with Crippen molar-refractivity contribution in [2.45, 2.75) is 25.3 Å². The summed E-state index contributed by atoms with van der Waals surface area (Å²) in [7, 11) is 0. The van der Waals surface area contributed by atoms with Crippen molar-refractivity contribution in [1.82, 2.24) is 5.32 Å². The lowest BCUT2D eigenvalue weighted by Crippen LogP contribution is -2.23. The van der Waals surface area contributed by atoms with Crippen LogP contribution < -0.4 is 5.32 Å². The van der Waals surface area contributed by atoms with Crippen molar-refractivity contribution in [1.29, 1.82) is 0 Å². The number of carbonyl (C=O) groups is 1. The van der Waals surface area contributed by atoms with Crippen LogP contribution in [0, 0.1) is 0 Å². The molecule has 0 spiro atoms. The van der Waals surface area contributed by atoms with Gasteiger partial charge in [-0.3, -0.25) is 4.79 Å². The first-order chi connectivity index (χ1) is 6.27. The van der Waals surface area contributed by atoms with Gasteiger partial charge in [-0.25, -0.2) is 0 Å². The summed E-state index contributed by atoms with van der Waals surface area (Å²) >= 11 is 0. The van der Waals surface area contributed by atoms with Crippen molar-refractivity contribution in [3.8, 4) is 0 Å².